The van der Waals surface area contributed by atoms with Gasteiger partial charge in [-0.25, -0.2) is 4.90 Å². The molecule has 13 heteroatoms. The van der Waals surface area contributed by atoms with Crippen molar-refractivity contribution in [3.63, 3.8) is 0 Å². The zero-order chi connectivity index (χ0) is 28.3. The number of hydrogen-bond acceptors (Lipinski definition) is 8. The van der Waals surface area contributed by atoms with Crippen LogP contribution in [0.3, 0.4) is 0 Å². The second-order valence-electron chi connectivity index (χ2n) is 10.3. The van der Waals surface area contributed by atoms with Crippen LogP contribution in [0.25, 0.3) is 0 Å². The molecule has 3 heterocycles. The van der Waals surface area contributed by atoms with E-state index in [4.69, 9.17) is 14.7 Å². The third-order valence-electron chi connectivity index (χ3n) is 7.57. The number of halogens is 3. The number of non-ortho nitro benzene ring substituents is 1. The molecule has 0 aromatic heterocycles. The molecule has 3 aliphatic rings. The van der Waals surface area contributed by atoms with Crippen LogP contribution in [0.15, 0.2) is 42.5 Å². The molecule has 0 radical (unpaired) electrons. The number of nitro benzene ring substituents is 1. The first kappa shape index (κ1) is 26.6. The molecule has 2 unspecified atom stereocenters. The van der Waals surface area contributed by atoms with Gasteiger partial charge in [0.25, 0.3) is 5.69 Å². The highest BCUT2D eigenvalue weighted by molar-refractivity contribution is 6.23. The van der Waals surface area contributed by atoms with Crippen molar-refractivity contribution in [1.29, 1.82) is 5.26 Å². The van der Waals surface area contributed by atoms with Gasteiger partial charge < -0.3 is 9.47 Å². The Bertz CT molecular complexity index is 1370. The number of nitriles is 1. The fraction of sp³-hybridized carbons (Fsp3) is 0.423. The Balaban J connectivity index is 1.33. The van der Waals surface area contributed by atoms with Crippen molar-refractivity contribution in [2.45, 2.75) is 31.2 Å². The van der Waals surface area contributed by atoms with Crippen LogP contribution in [0.5, 0.6) is 5.75 Å². The van der Waals surface area contributed by atoms with Gasteiger partial charge in [-0.05, 0) is 44.2 Å². The summed E-state index contributed by atoms with van der Waals surface area (Å²) in [6, 6.07) is 9.95. The van der Waals surface area contributed by atoms with Crippen molar-refractivity contribution in [1.82, 2.24) is 4.90 Å². The number of nitro groups is 1. The van der Waals surface area contributed by atoms with Crippen molar-refractivity contribution in [3.05, 3.63) is 63.7 Å². The standard InChI is InChI=1S/C26H23F3N4O6/c1-24-13-31(9-10-38-18-7-5-16(6-8-18)33(36)37)14-25(2,39-24)21-20(24)22(34)32(23(21)35)17-4-3-15(12-30)19(11-17)26(27,28)29/h3-8,11,20-21H,9-10,13-14H2,1-2H3/t20?,21?,24-,25+. The Hall–Kier alpha value is -4.02. The highest BCUT2D eigenvalue weighted by atomic mass is 19.4. The van der Waals surface area contributed by atoms with Gasteiger partial charge in [-0.2, -0.15) is 18.4 Å². The quantitative estimate of drug-likeness (QED) is 0.307. The number of carbonyl (C=O) groups is 2. The number of amides is 2. The number of imide groups is 1. The largest absolute Gasteiger partial charge is 0.492 e. The van der Waals surface area contributed by atoms with Crippen LogP contribution in [0.4, 0.5) is 24.5 Å². The minimum atomic E-state index is -4.84. The fourth-order valence-corrected chi connectivity index (χ4v) is 6.14. The van der Waals surface area contributed by atoms with Gasteiger partial charge in [-0.3, -0.25) is 24.6 Å². The molecule has 4 atom stereocenters. The summed E-state index contributed by atoms with van der Waals surface area (Å²) in [6.45, 7) is 4.64. The Labute approximate surface area is 220 Å². The van der Waals surface area contributed by atoms with Crippen LogP contribution < -0.4 is 9.64 Å². The van der Waals surface area contributed by atoms with Gasteiger partial charge >= 0.3 is 6.18 Å². The number of nitrogens with zero attached hydrogens (tertiary/aromatic N) is 4. The van der Waals surface area contributed by atoms with Gasteiger partial charge in [0.05, 0.1) is 50.8 Å². The van der Waals surface area contributed by atoms with Gasteiger partial charge in [0.2, 0.25) is 11.8 Å². The summed E-state index contributed by atoms with van der Waals surface area (Å²) in [7, 11) is 0. The summed E-state index contributed by atoms with van der Waals surface area (Å²) in [5, 5.41) is 19.9. The second kappa shape index (κ2) is 9.03. The van der Waals surface area contributed by atoms with Gasteiger partial charge in [0.1, 0.15) is 12.4 Å². The van der Waals surface area contributed by atoms with E-state index >= 15 is 0 Å². The average molecular weight is 544 g/mol. The predicted molar refractivity (Wildman–Crippen MR) is 129 cm³/mol. The molecule has 2 aromatic rings. The number of likely N-dealkylation sites (tertiary alicyclic amines) is 1. The summed E-state index contributed by atoms with van der Waals surface area (Å²) in [6.07, 6.45) is -4.84. The molecule has 2 aromatic carbocycles. The molecule has 2 amide bonds. The number of rotatable bonds is 6. The Kier molecular flexibility index (Phi) is 6.15. The van der Waals surface area contributed by atoms with Crippen LogP contribution in [0, 0.1) is 33.3 Å². The maximum Gasteiger partial charge on any atom is 0.417 e. The van der Waals surface area contributed by atoms with E-state index in [1.54, 1.807) is 13.8 Å². The van der Waals surface area contributed by atoms with Gasteiger partial charge in [0.15, 0.2) is 0 Å². The minimum absolute atomic E-state index is 0.0569. The molecule has 3 aliphatic heterocycles. The van der Waals surface area contributed by atoms with E-state index in [9.17, 15) is 32.9 Å². The van der Waals surface area contributed by atoms with Crippen LogP contribution in [-0.2, 0) is 20.5 Å². The van der Waals surface area contributed by atoms with E-state index in [1.165, 1.54) is 36.4 Å². The second-order valence-corrected chi connectivity index (χ2v) is 10.3. The summed E-state index contributed by atoms with van der Waals surface area (Å²) in [5.41, 5.74) is -4.26. The zero-order valence-corrected chi connectivity index (χ0v) is 20.9. The highest BCUT2D eigenvalue weighted by Gasteiger charge is 2.71. The van der Waals surface area contributed by atoms with Crippen LogP contribution in [0.2, 0.25) is 0 Å². The third kappa shape index (κ3) is 4.39. The van der Waals surface area contributed by atoms with E-state index in [1.807, 2.05) is 4.90 Å². The molecule has 0 saturated carbocycles. The first-order valence-corrected chi connectivity index (χ1v) is 12.1. The van der Waals surface area contributed by atoms with E-state index in [0.29, 0.717) is 18.4 Å². The van der Waals surface area contributed by atoms with Crippen LogP contribution >= 0.6 is 0 Å². The molecule has 3 saturated heterocycles. The smallest absolute Gasteiger partial charge is 0.417 e. The third-order valence-corrected chi connectivity index (χ3v) is 7.57. The first-order chi connectivity index (χ1) is 18.3. The predicted octanol–water partition coefficient (Wildman–Crippen LogP) is 3.53. The van der Waals surface area contributed by atoms with Crippen molar-refractivity contribution in [2.75, 3.05) is 31.1 Å². The normalized spacial score (nSPS) is 28.4. The topological polar surface area (TPSA) is 126 Å². The molecule has 3 fully saturated rings. The summed E-state index contributed by atoms with van der Waals surface area (Å²) in [4.78, 5) is 40.2. The Morgan fingerprint density at radius 1 is 1.10 bits per heavy atom. The number of hydrogen-bond donors (Lipinski definition) is 0. The number of benzene rings is 2. The number of fused-ring (bicyclic) bond motifs is 5. The van der Waals surface area contributed by atoms with E-state index < -0.39 is 57.1 Å². The van der Waals surface area contributed by atoms with E-state index in [-0.39, 0.29) is 31.1 Å². The van der Waals surface area contributed by atoms with Crippen molar-refractivity contribution in [3.8, 4) is 11.8 Å². The summed E-state index contributed by atoms with van der Waals surface area (Å²) in [5.74, 6) is -2.63. The van der Waals surface area contributed by atoms with Crippen molar-refractivity contribution >= 4 is 23.2 Å². The Morgan fingerprint density at radius 2 is 1.69 bits per heavy atom. The monoisotopic (exact) mass is 544 g/mol. The maximum absolute atomic E-state index is 13.6. The molecule has 0 N–H and O–H groups in total. The number of anilines is 1. The van der Waals surface area contributed by atoms with Gasteiger partial charge in [-0.15, -0.1) is 0 Å². The summed E-state index contributed by atoms with van der Waals surface area (Å²) < 4.78 is 52.6. The molecule has 39 heavy (non-hydrogen) atoms. The number of morpholine rings is 1. The van der Waals surface area contributed by atoms with Gasteiger partial charge in [0, 0.05) is 31.8 Å². The fourth-order valence-electron chi connectivity index (χ4n) is 6.14. The zero-order valence-electron chi connectivity index (χ0n) is 20.9. The minimum Gasteiger partial charge on any atom is -0.492 e. The number of ether oxygens (including phenoxy) is 2. The number of carbonyl (C=O) groups excluding carboxylic acids is 2. The lowest BCUT2D eigenvalue weighted by Crippen LogP contribution is -2.58. The molecule has 5 rings (SSSR count). The average Bonchev–Trinajstić information content (AvgIpc) is 3.23. The Morgan fingerprint density at radius 3 is 2.21 bits per heavy atom. The lowest BCUT2D eigenvalue weighted by atomic mass is 9.79. The molecule has 0 aliphatic carbocycles. The van der Waals surface area contributed by atoms with Crippen molar-refractivity contribution in [2.24, 2.45) is 11.8 Å². The molecule has 2 bridgehead atoms. The highest BCUT2D eigenvalue weighted by Crippen LogP contribution is 2.55. The van der Waals surface area contributed by atoms with Crippen molar-refractivity contribution < 1.29 is 37.2 Å². The lowest BCUT2D eigenvalue weighted by molar-refractivity contribution is -0.384. The molecule has 0 spiro atoms. The molecule has 10 nitrogen and oxygen atoms in total. The summed E-state index contributed by atoms with van der Waals surface area (Å²) >= 11 is 0. The maximum atomic E-state index is 13.6. The van der Waals surface area contributed by atoms with Crippen LogP contribution in [-0.4, -0.2) is 59.1 Å². The molecule has 204 valence electrons. The lowest BCUT2D eigenvalue weighted by Gasteiger charge is -2.45. The van der Waals surface area contributed by atoms with Crippen LogP contribution in [0.1, 0.15) is 25.0 Å². The first-order valence-electron chi connectivity index (χ1n) is 12.1. The SMILES string of the molecule is C[C@]12CN(CCOc3ccc([N+](=O)[O-])cc3)C[C@](C)(O1)C1C(=O)N(c3ccc(C#N)c(C(F)(F)F)c3)C(=O)C12. The molecular weight excluding hydrogens is 521 g/mol. The number of alkyl halides is 3. The van der Waals surface area contributed by atoms with E-state index in [0.717, 1.165) is 11.0 Å². The van der Waals surface area contributed by atoms with Gasteiger partial charge in [-0.1, -0.05) is 0 Å². The van der Waals surface area contributed by atoms with E-state index in [2.05, 4.69) is 0 Å². The molecular formula is C26H23F3N4O6.